The SMILES string of the molecule is C.C.C.C.C.C.CCCCCCCCCCCCCCCCCCOC(=O)C(C)(C)CSCC(=O)OCCOC(=O)C(C)(C)CC(CC)c1ccccc1. The molecule has 0 heterocycles. The molecule has 0 aromatic heterocycles. The molecule has 0 aliphatic carbocycles. The lowest BCUT2D eigenvalue weighted by molar-refractivity contribution is -0.158. The van der Waals surface area contributed by atoms with E-state index in [0.717, 1.165) is 19.3 Å². The average Bonchev–Trinajstić information content (AvgIpc) is 3.07. The van der Waals surface area contributed by atoms with E-state index in [2.05, 4.69) is 26.0 Å². The summed E-state index contributed by atoms with van der Waals surface area (Å²) < 4.78 is 16.3. The molecular formula is C47H94O6S. The maximum absolute atomic E-state index is 12.8. The molecule has 0 saturated heterocycles. The number of rotatable bonds is 30. The van der Waals surface area contributed by atoms with Crippen molar-refractivity contribution in [1.82, 2.24) is 0 Å². The molecule has 1 aromatic rings. The standard InChI is InChI=1S/C41H70O6S.6CH4/c1-7-9-10-11-12-13-14-15-16-17-18-19-20-21-22-26-29-46-39(44)41(5,6)34-48-33-37(42)45-30-31-47-38(43)40(3,4)32-35(8-2)36-27-24-23-25-28-36;;;;;;/h23-25,27-28,35H,7-22,26,29-34H2,1-6H3;6*1H4. The van der Waals surface area contributed by atoms with Gasteiger partial charge < -0.3 is 14.2 Å². The smallest absolute Gasteiger partial charge is 0.316 e. The minimum absolute atomic E-state index is 0. The summed E-state index contributed by atoms with van der Waals surface area (Å²) in [5.74, 6) is -0.0431. The number of hydrogen-bond donors (Lipinski definition) is 0. The van der Waals surface area contributed by atoms with Crippen LogP contribution in [-0.2, 0) is 28.6 Å². The Bertz CT molecular complexity index is 978. The van der Waals surface area contributed by atoms with Gasteiger partial charge in [-0.05, 0) is 58.4 Å². The van der Waals surface area contributed by atoms with Crippen molar-refractivity contribution in [3.05, 3.63) is 35.9 Å². The Morgan fingerprint density at radius 3 is 1.43 bits per heavy atom. The van der Waals surface area contributed by atoms with E-state index in [9.17, 15) is 14.4 Å². The van der Waals surface area contributed by atoms with Crippen molar-refractivity contribution in [1.29, 1.82) is 0 Å². The molecule has 0 amide bonds. The zero-order valence-corrected chi connectivity index (χ0v) is 32.4. The summed E-state index contributed by atoms with van der Waals surface area (Å²) in [6, 6.07) is 10.2. The molecule has 54 heavy (non-hydrogen) atoms. The molecule has 1 atom stereocenters. The van der Waals surface area contributed by atoms with E-state index >= 15 is 0 Å². The number of thioether (sulfide) groups is 1. The Labute approximate surface area is 342 Å². The predicted octanol–water partition coefficient (Wildman–Crippen LogP) is 15.1. The minimum Gasteiger partial charge on any atom is -0.465 e. The van der Waals surface area contributed by atoms with Crippen LogP contribution in [0.4, 0.5) is 0 Å². The fourth-order valence-electron chi connectivity index (χ4n) is 5.91. The van der Waals surface area contributed by atoms with E-state index in [-0.39, 0.29) is 87.4 Å². The minimum atomic E-state index is -0.683. The van der Waals surface area contributed by atoms with Gasteiger partial charge in [-0.1, -0.05) is 185 Å². The molecule has 1 rings (SSSR count). The Morgan fingerprint density at radius 2 is 0.963 bits per heavy atom. The summed E-state index contributed by atoms with van der Waals surface area (Å²) in [4.78, 5) is 37.6. The first-order valence-corrected chi connectivity index (χ1v) is 20.3. The van der Waals surface area contributed by atoms with Gasteiger partial charge in [-0.2, -0.15) is 0 Å². The van der Waals surface area contributed by atoms with Gasteiger partial charge in [0.05, 0.1) is 23.2 Å². The number of unbranched alkanes of at least 4 members (excludes halogenated alkanes) is 15. The third-order valence-electron chi connectivity index (χ3n) is 9.12. The number of carbonyl (C=O) groups excluding carboxylic acids is 3. The van der Waals surface area contributed by atoms with Crippen molar-refractivity contribution < 1.29 is 28.6 Å². The maximum atomic E-state index is 12.8. The van der Waals surface area contributed by atoms with Crippen LogP contribution in [0.15, 0.2) is 30.3 Å². The van der Waals surface area contributed by atoms with Crippen LogP contribution in [-0.4, -0.2) is 49.2 Å². The molecule has 0 fully saturated rings. The molecule has 0 radical (unpaired) electrons. The number of benzene rings is 1. The van der Waals surface area contributed by atoms with E-state index in [0.29, 0.717) is 18.8 Å². The van der Waals surface area contributed by atoms with Crippen molar-refractivity contribution in [3.8, 4) is 0 Å². The van der Waals surface area contributed by atoms with Crippen molar-refractivity contribution in [2.45, 2.75) is 208 Å². The van der Waals surface area contributed by atoms with Gasteiger partial charge in [0.1, 0.15) is 13.2 Å². The normalized spacial score (nSPS) is 11.1. The van der Waals surface area contributed by atoms with Crippen molar-refractivity contribution in [2.24, 2.45) is 10.8 Å². The van der Waals surface area contributed by atoms with Crippen LogP contribution in [0.5, 0.6) is 0 Å². The van der Waals surface area contributed by atoms with Crippen LogP contribution >= 0.6 is 11.8 Å². The van der Waals surface area contributed by atoms with E-state index in [1.807, 2.05) is 45.9 Å². The number of hydrogen-bond acceptors (Lipinski definition) is 7. The topological polar surface area (TPSA) is 78.9 Å². The Balaban J connectivity index is -0.000000960. The quantitative estimate of drug-likeness (QED) is 0.0436. The first-order chi connectivity index (χ1) is 23.0. The zero-order chi connectivity index (χ0) is 35.5. The van der Waals surface area contributed by atoms with Crippen molar-refractivity contribution in [3.63, 3.8) is 0 Å². The van der Waals surface area contributed by atoms with Gasteiger partial charge in [0.25, 0.3) is 0 Å². The predicted molar refractivity (Wildman–Crippen MR) is 242 cm³/mol. The van der Waals surface area contributed by atoms with E-state index in [4.69, 9.17) is 14.2 Å². The Kier molecular flexibility index (Phi) is 46.4. The van der Waals surface area contributed by atoms with Crippen LogP contribution in [0.2, 0.25) is 0 Å². The number of esters is 3. The van der Waals surface area contributed by atoms with Crippen LogP contribution in [0.1, 0.15) is 213 Å². The largest absolute Gasteiger partial charge is 0.465 e. The fourth-order valence-corrected chi connectivity index (χ4v) is 6.89. The summed E-state index contributed by atoms with van der Waals surface area (Å²) in [6.07, 6.45) is 22.6. The Morgan fingerprint density at radius 1 is 0.556 bits per heavy atom. The van der Waals surface area contributed by atoms with Crippen LogP contribution in [0.3, 0.4) is 0 Å². The lowest BCUT2D eigenvalue weighted by atomic mass is 9.79. The van der Waals surface area contributed by atoms with Gasteiger partial charge in [0.2, 0.25) is 0 Å². The number of ether oxygens (including phenoxy) is 3. The number of carbonyl (C=O) groups is 3. The lowest BCUT2D eigenvalue weighted by Gasteiger charge is -2.27. The van der Waals surface area contributed by atoms with Crippen LogP contribution < -0.4 is 0 Å². The van der Waals surface area contributed by atoms with Gasteiger partial charge >= 0.3 is 17.9 Å². The molecule has 324 valence electrons. The highest BCUT2D eigenvalue weighted by atomic mass is 32.2. The molecule has 7 heteroatoms. The molecule has 1 aromatic carbocycles. The fraction of sp³-hybridized carbons (Fsp3) is 0.809. The molecule has 0 saturated carbocycles. The van der Waals surface area contributed by atoms with Gasteiger partial charge in [-0.25, -0.2) is 0 Å². The lowest BCUT2D eigenvalue weighted by Crippen LogP contribution is -2.30. The summed E-state index contributed by atoms with van der Waals surface area (Å²) in [7, 11) is 0. The summed E-state index contributed by atoms with van der Waals surface area (Å²) in [6.45, 7) is 12.4. The monoisotopic (exact) mass is 787 g/mol. The molecule has 0 spiro atoms. The molecule has 0 N–H and O–H groups in total. The van der Waals surface area contributed by atoms with Crippen molar-refractivity contribution >= 4 is 29.7 Å². The van der Waals surface area contributed by atoms with Gasteiger partial charge in [0, 0.05) is 5.75 Å². The van der Waals surface area contributed by atoms with Crippen LogP contribution in [0.25, 0.3) is 0 Å². The summed E-state index contributed by atoms with van der Waals surface area (Å²) in [5, 5.41) is 0. The second-order valence-electron chi connectivity index (χ2n) is 14.8. The van der Waals surface area contributed by atoms with E-state index < -0.39 is 10.8 Å². The van der Waals surface area contributed by atoms with Crippen LogP contribution in [0, 0.1) is 10.8 Å². The highest BCUT2D eigenvalue weighted by Crippen LogP contribution is 2.34. The molecule has 0 bridgehead atoms. The van der Waals surface area contributed by atoms with E-state index in [1.165, 1.54) is 107 Å². The average molecular weight is 787 g/mol. The third-order valence-corrected chi connectivity index (χ3v) is 10.5. The van der Waals surface area contributed by atoms with Gasteiger partial charge in [0.15, 0.2) is 0 Å². The molecule has 6 nitrogen and oxygen atoms in total. The maximum Gasteiger partial charge on any atom is 0.316 e. The first-order valence-electron chi connectivity index (χ1n) is 19.2. The summed E-state index contributed by atoms with van der Waals surface area (Å²) in [5.41, 5.74) is -0.112. The van der Waals surface area contributed by atoms with Gasteiger partial charge in [-0.15, -0.1) is 11.8 Å². The highest BCUT2D eigenvalue weighted by molar-refractivity contribution is 8.00. The summed E-state index contributed by atoms with van der Waals surface area (Å²) >= 11 is 1.35. The Hall–Kier alpha value is -2.02. The second-order valence-corrected chi connectivity index (χ2v) is 15.8. The first kappa shape index (κ1) is 63.9. The molecular weight excluding hydrogens is 693 g/mol. The molecule has 0 aliphatic heterocycles. The molecule has 0 aliphatic rings. The molecule has 1 unspecified atom stereocenters. The highest BCUT2D eigenvalue weighted by Gasteiger charge is 2.33. The van der Waals surface area contributed by atoms with Gasteiger partial charge in [-0.3, -0.25) is 14.4 Å². The zero-order valence-electron chi connectivity index (χ0n) is 31.6. The second kappa shape index (κ2) is 39.2. The third kappa shape index (κ3) is 31.2. The van der Waals surface area contributed by atoms with Crippen molar-refractivity contribution in [2.75, 3.05) is 31.3 Å². The van der Waals surface area contributed by atoms with E-state index in [1.54, 1.807) is 0 Å².